The molecule has 0 aliphatic heterocycles. The molecule has 0 heterocycles. The first-order valence-electron chi connectivity index (χ1n) is 8.99. The minimum Gasteiger partial charge on any atom is -0.493 e. The molecule has 3 aromatic rings. The van der Waals surface area contributed by atoms with E-state index in [9.17, 15) is 0 Å². The van der Waals surface area contributed by atoms with Gasteiger partial charge in [-0.3, -0.25) is 0 Å². The average molecular weight is 426 g/mol. The van der Waals surface area contributed by atoms with Crippen LogP contribution in [0.2, 0.25) is 0 Å². The summed E-state index contributed by atoms with van der Waals surface area (Å²) in [5.41, 5.74) is 3.52. The fourth-order valence-electron chi connectivity index (χ4n) is 2.84. The normalized spacial score (nSPS) is 11.8. The molecule has 0 radical (unpaired) electrons. The van der Waals surface area contributed by atoms with Crippen molar-refractivity contribution in [2.75, 3.05) is 7.11 Å². The molecule has 0 aliphatic rings. The molecule has 0 saturated carbocycles. The highest BCUT2D eigenvalue weighted by atomic mass is 79.9. The highest BCUT2D eigenvalue weighted by molar-refractivity contribution is 9.10. The summed E-state index contributed by atoms with van der Waals surface area (Å²) >= 11 is 3.67. The molecule has 0 saturated heterocycles. The number of methoxy groups -OCH3 is 1. The zero-order chi connectivity index (χ0) is 19.1. The second-order valence-electron chi connectivity index (χ2n) is 6.38. The Morgan fingerprint density at radius 2 is 1.59 bits per heavy atom. The Balaban J connectivity index is 1.68. The molecule has 0 spiro atoms. The highest BCUT2D eigenvalue weighted by Crippen LogP contribution is 2.34. The SMILES string of the molecule is COc1cc(CNC(C)c2ccccc2)c(Br)cc1OCc1ccccc1. The maximum absolute atomic E-state index is 5.97. The van der Waals surface area contributed by atoms with Gasteiger partial charge in [-0.25, -0.2) is 0 Å². The Kier molecular flexibility index (Phi) is 6.91. The molecule has 1 atom stereocenters. The van der Waals surface area contributed by atoms with E-state index >= 15 is 0 Å². The van der Waals surface area contributed by atoms with Crippen LogP contribution in [0.15, 0.2) is 77.3 Å². The van der Waals surface area contributed by atoms with Gasteiger partial charge in [-0.1, -0.05) is 76.6 Å². The van der Waals surface area contributed by atoms with Gasteiger partial charge in [0.2, 0.25) is 0 Å². The van der Waals surface area contributed by atoms with E-state index in [4.69, 9.17) is 9.47 Å². The summed E-state index contributed by atoms with van der Waals surface area (Å²) in [5.74, 6) is 1.46. The van der Waals surface area contributed by atoms with Crippen LogP contribution in [0.4, 0.5) is 0 Å². The molecule has 1 unspecified atom stereocenters. The van der Waals surface area contributed by atoms with Crippen LogP contribution in [0.5, 0.6) is 11.5 Å². The van der Waals surface area contributed by atoms with Crippen LogP contribution >= 0.6 is 15.9 Å². The summed E-state index contributed by atoms with van der Waals surface area (Å²) in [7, 11) is 1.67. The Labute approximate surface area is 169 Å². The molecule has 0 aromatic heterocycles. The smallest absolute Gasteiger partial charge is 0.162 e. The lowest BCUT2D eigenvalue weighted by molar-refractivity contribution is 0.284. The second kappa shape index (κ2) is 9.58. The van der Waals surface area contributed by atoms with Crippen molar-refractivity contribution in [1.29, 1.82) is 0 Å². The monoisotopic (exact) mass is 425 g/mol. The van der Waals surface area contributed by atoms with Gasteiger partial charge in [-0.15, -0.1) is 0 Å². The van der Waals surface area contributed by atoms with Gasteiger partial charge in [0, 0.05) is 17.1 Å². The van der Waals surface area contributed by atoms with Crippen LogP contribution in [0.3, 0.4) is 0 Å². The molecule has 1 N–H and O–H groups in total. The third kappa shape index (κ3) is 5.34. The van der Waals surface area contributed by atoms with E-state index in [-0.39, 0.29) is 6.04 Å². The van der Waals surface area contributed by atoms with Crippen molar-refractivity contribution in [2.24, 2.45) is 0 Å². The quantitative estimate of drug-likeness (QED) is 0.488. The number of benzene rings is 3. The minimum atomic E-state index is 0.262. The van der Waals surface area contributed by atoms with Crippen molar-refractivity contribution in [3.05, 3.63) is 94.0 Å². The first kappa shape index (κ1) is 19.5. The third-order valence-corrected chi connectivity index (χ3v) is 5.21. The summed E-state index contributed by atoms with van der Waals surface area (Å²) in [6.07, 6.45) is 0. The summed E-state index contributed by atoms with van der Waals surface area (Å²) in [5, 5.41) is 3.56. The van der Waals surface area contributed by atoms with E-state index in [0.717, 1.165) is 33.6 Å². The Bertz CT molecular complexity index is 853. The summed E-state index contributed by atoms with van der Waals surface area (Å²) in [6.45, 7) is 3.40. The van der Waals surface area contributed by atoms with Crippen molar-refractivity contribution in [1.82, 2.24) is 5.32 Å². The number of rotatable bonds is 8. The molecule has 0 fully saturated rings. The summed E-state index contributed by atoms with van der Waals surface area (Å²) in [4.78, 5) is 0. The maximum atomic E-state index is 5.97. The lowest BCUT2D eigenvalue weighted by Gasteiger charge is -2.17. The van der Waals surface area contributed by atoms with Gasteiger partial charge < -0.3 is 14.8 Å². The zero-order valence-electron chi connectivity index (χ0n) is 15.6. The topological polar surface area (TPSA) is 30.5 Å². The Morgan fingerprint density at radius 1 is 0.926 bits per heavy atom. The van der Waals surface area contributed by atoms with Crippen LogP contribution in [0.25, 0.3) is 0 Å². The standard InChI is InChI=1S/C23H24BrNO2/c1-17(19-11-7-4-8-12-19)25-15-20-13-22(26-2)23(14-21(20)24)27-16-18-9-5-3-6-10-18/h3-14,17,25H,15-16H2,1-2H3. The lowest BCUT2D eigenvalue weighted by Crippen LogP contribution is -2.18. The van der Waals surface area contributed by atoms with Gasteiger partial charge in [0.05, 0.1) is 7.11 Å². The van der Waals surface area contributed by atoms with Gasteiger partial charge in [0.1, 0.15) is 6.61 Å². The van der Waals surface area contributed by atoms with E-state index in [1.807, 2.05) is 48.5 Å². The van der Waals surface area contributed by atoms with Crippen LogP contribution in [-0.2, 0) is 13.2 Å². The van der Waals surface area contributed by atoms with Crippen LogP contribution in [-0.4, -0.2) is 7.11 Å². The van der Waals surface area contributed by atoms with Crippen molar-refractivity contribution in [3.8, 4) is 11.5 Å². The van der Waals surface area contributed by atoms with Crippen LogP contribution in [0.1, 0.15) is 29.7 Å². The molecule has 4 heteroatoms. The van der Waals surface area contributed by atoms with Gasteiger partial charge in [0.15, 0.2) is 11.5 Å². The van der Waals surface area contributed by atoms with E-state index in [1.165, 1.54) is 5.56 Å². The van der Waals surface area contributed by atoms with E-state index < -0.39 is 0 Å². The minimum absolute atomic E-state index is 0.262. The van der Waals surface area contributed by atoms with Crippen LogP contribution in [0, 0.1) is 0 Å². The van der Waals surface area contributed by atoms with Crippen molar-refractivity contribution >= 4 is 15.9 Å². The van der Waals surface area contributed by atoms with E-state index in [0.29, 0.717) is 6.61 Å². The fourth-order valence-corrected chi connectivity index (χ4v) is 3.31. The molecule has 27 heavy (non-hydrogen) atoms. The molecule has 0 bridgehead atoms. The maximum Gasteiger partial charge on any atom is 0.162 e. The predicted molar refractivity (Wildman–Crippen MR) is 113 cm³/mol. The highest BCUT2D eigenvalue weighted by Gasteiger charge is 2.12. The first-order chi connectivity index (χ1) is 13.2. The molecule has 0 amide bonds. The predicted octanol–water partition coefficient (Wildman–Crippen LogP) is 5.89. The Hall–Kier alpha value is -2.30. The largest absolute Gasteiger partial charge is 0.493 e. The number of hydrogen-bond acceptors (Lipinski definition) is 3. The molecular formula is C23H24BrNO2. The zero-order valence-corrected chi connectivity index (χ0v) is 17.2. The van der Waals surface area contributed by atoms with Gasteiger partial charge in [-0.2, -0.15) is 0 Å². The summed E-state index contributed by atoms with van der Waals surface area (Å²) < 4.78 is 12.5. The van der Waals surface area contributed by atoms with E-state index in [1.54, 1.807) is 7.11 Å². The molecule has 140 valence electrons. The number of halogens is 1. The van der Waals surface area contributed by atoms with Gasteiger partial charge >= 0.3 is 0 Å². The molecule has 3 nitrogen and oxygen atoms in total. The van der Waals surface area contributed by atoms with Crippen molar-refractivity contribution < 1.29 is 9.47 Å². The average Bonchev–Trinajstić information content (AvgIpc) is 2.72. The molecule has 3 rings (SSSR count). The fraction of sp³-hybridized carbons (Fsp3) is 0.217. The van der Waals surface area contributed by atoms with Crippen LogP contribution < -0.4 is 14.8 Å². The third-order valence-electron chi connectivity index (χ3n) is 4.47. The second-order valence-corrected chi connectivity index (χ2v) is 7.24. The lowest BCUT2D eigenvalue weighted by atomic mass is 10.1. The number of hydrogen-bond donors (Lipinski definition) is 1. The number of ether oxygens (including phenoxy) is 2. The first-order valence-corrected chi connectivity index (χ1v) is 9.78. The summed E-state index contributed by atoms with van der Waals surface area (Å²) in [6, 6.07) is 24.8. The van der Waals surface area contributed by atoms with Crippen molar-refractivity contribution in [2.45, 2.75) is 26.1 Å². The molecule has 3 aromatic carbocycles. The van der Waals surface area contributed by atoms with E-state index in [2.05, 4.69) is 52.4 Å². The van der Waals surface area contributed by atoms with Gasteiger partial charge in [-0.05, 0) is 35.7 Å². The molecule has 0 aliphatic carbocycles. The number of nitrogens with one attached hydrogen (secondary N) is 1. The van der Waals surface area contributed by atoms with Gasteiger partial charge in [0.25, 0.3) is 0 Å². The van der Waals surface area contributed by atoms with Crippen molar-refractivity contribution in [3.63, 3.8) is 0 Å². The Morgan fingerprint density at radius 3 is 2.26 bits per heavy atom. The molecular weight excluding hydrogens is 402 g/mol.